The van der Waals surface area contributed by atoms with E-state index in [4.69, 9.17) is 17.3 Å². The molecule has 0 atom stereocenters. The van der Waals surface area contributed by atoms with Gasteiger partial charge in [-0.2, -0.15) is 0 Å². The average Bonchev–Trinajstić information content (AvgIpc) is 2.67. The van der Waals surface area contributed by atoms with Gasteiger partial charge in [0.05, 0.1) is 0 Å². The van der Waals surface area contributed by atoms with Crippen LogP contribution in [0.3, 0.4) is 0 Å². The molecule has 1 heterocycles. The summed E-state index contributed by atoms with van der Waals surface area (Å²) in [4.78, 5) is 22.3. The van der Waals surface area contributed by atoms with Crippen molar-refractivity contribution in [3.8, 4) is 0 Å². The number of halogens is 1. The predicted octanol–water partition coefficient (Wildman–Crippen LogP) is 3.24. The zero-order chi connectivity index (χ0) is 18.5. The van der Waals surface area contributed by atoms with Gasteiger partial charge in [-0.05, 0) is 36.4 Å². The summed E-state index contributed by atoms with van der Waals surface area (Å²) in [5.41, 5.74) is 13.2. The van der Waals surface area contributed by atoms with Gasteiger partial charge < -0.3 is 10.6 Å². The van der Waals surface area contributed by atoms with Crippen molar-refractivity contribution in [1.82, 2.24) is 15.4 Å². The Bertz CT molecular complexity index is 901. The number of nitrogens with one attached hydrogen (secondary N) is 2. The molecule has 0 saturated carbocycles. The maximum absolute atomic E-state index is 12.2. The smallest absolute Gasteiger partial charge is 0.269 e. The van der Waals surface area contributed by atoms with Crippen LogP contribution < -0.4 is 21.5 Å². The summed E-state index contributed by atoms with van der Waals surface area (Å²) in [6.07, 6.45) is 1.38. The summed E-state index contributed by atoms with van der Waals surface area (Å²) >= 11 is 5.82. The zero-order valence-electron chi connectivity index (χ0n) is 14.0. The second kappa shape index (κ2) is 7.71. The first kappa shape index (κ1) is 17.5. The minimum atomic E-state index is -0.336. The summed E-state index contributed by atoms with van der Waals surface area (Å²) in [5, 5.41) is 0.558. The van der Waals surface area contributed by atoms with E-state index in [0.29, 0.717) is 27.9 Å². The highest BCUT2D eigenvalue weighted by molar-refractivity contribution is 6.30. The fraction of sp³-hybridized carbons (Fsp3) is 0.0556. The van der Waals surface area contributed by atoms with Crippen molar-refractivity contribution < 1.29 is 4.79 Å². The number of rotatable bonds is 5. The number of anilines is 4. The highest BCUT2D eigenvalue weighted by Gasteiger charge is 2.14. The van der Waals surface area contributed by atoms with E-state index in [0.717, 1.165) is 5.69 Å². The Balaban J connectivity index is 1.75. The maximum Gasteiger partial charge on any atom is 0.269 e. The summed E-state index contributed by atoms with van der Waals surface area (Å²) in [7, 11) is 1.85. The summed E-state index contributed by atoms with van der Waals surface area (Å²) in [6.45, 7) is 0. The van der Waals surface area contributed by atoms with Crippen LogP contribution in [0.1, 0.15) is 10.4 Å². The van der Waals surface area contributed by atoms with Crippen LogP contribution in [-0.4, -0.2) is 22.9 Å². The van der Waals surface area contributed by atoms with Gasteiger partial charge in [0.25, 0.3) is 5.91 Å². The summed E-state index contributed by atoms with van der Waals surface area (Å²) < 4.78 is 0. The number of carbonyl (C=O) groups is 1. The molecule has 0 spiro atoms. The van der Waals surface area contributed by atoms with E-state index in [1.807, 2.05) is 42.3 Å². The highest BCUT2D eigenvalue weighted by Crippen LogP contribution is 2.29. The lowest BCUT2D eigenvalue weighted by molar-refractivity contribution is 0.0962. The third-order valence-corrected chi connectivity index (χ3v) is 3.98. The van der Waals surface area contributed by atoms with E-state index in [1.54, 1.807) is 24.3 Å². The monoisotopic (exact) mass is 368 g/mol. The molecule has 3 rings (SSSR count). The third-order valence-electron chi connectivity index (χ3n) is 3.72. The molecule has 2 aromatic carbocycles. The second-order valence-corrected chi connectivity index (χ2v) is 5.88. The van der Waals surface area contributed by atoms with Gasteiger partial charge in [0.1, 0.15) is 12.0 Å². The van der Waals surface area contributed by atoms with Crippen molar-refractivity contribution in [2.45, 2.75) is 0 Å². The molecule has 8 heteroatoms. The predicted molar refractivity (Wildman–Crippen MR) is 103 cm³/mol. The number of hydrazine groups is 1. The van der Waals surface area contributed by atoms with E-state index >= 15 is 0 Å². The SMILES string of the molecule is CN(c1ccccc1)c1ncnc(NNC(=O)c2ccc(Cl)cc2)c1N. The Labute approximate surface area is 155 Å². The molecule has 0 aliphatic rings. The highest BCUT2D eigenvalue weighted by atomic mass is 35.5. The van der Waals surface area contributed by atoms with Crippen LogP contribution in [0.5, 0.6) is 0 Å². The number of aromatic nitrogens is 2. The Morgan fingerprint density at radius 2 is 1.77 bits per heavy atom. The number of nitrogens with zero attached hydrogens (tertiary/aromatic N) is 3. The number of hydrogen-bond donors (Lipinski definition) is 3. The molecule has 7 nitrogen and oxygen atoms in total. The van der Waals surface area contributed by atoms with Crippen LogP contribution in [0.2, 0.25) is 5.02 Å². The summed E-state index contributed by atoms with van der Waals surface area (Å²) in [5.74, 6) is 0.493. The van der Waals surface area contributed by atoms with Crippen molar-refractivity contribution in [3.05, 3.63) is 71.5 Å². The second-order valence-electron chi connectivity index (χ2n) is 5.44. The molecule has 0 radical (unpaired) electrons. The number of amides is 1. The van der Waals surface area contributed by atoms with E-state index in [1.165, 1.54) is 6.33 Å². The molecule has 0 aliphatic carbocycles. The van der Waals surface area contributed by atoms with Crippen LogP contribution in [-0.2, 0) is 0 Å². The number of benzene rings is 2. The standard InChI is InChI=1S/C18H17ClN6O/c1-25(14-5-3-2-4-6-14)17-15(20)16(21-11-22-17)23-24-18(26)12-7-9-13(19)10-8-12/h2-11H,20H2,1H3,(H,24,26)(H,21,22,23). The molecule has 1 aromatic heterocycles. The van der Waals surface area contributed by atoms with Crippen molar-refractivity contribution in [2.24, 2.45) is 0 Å². The van der Waals surface area contributed by atoms with E-state index in [-0.39, 0.29) is 5.91 Å². The van der Waals surface area contributed by atoms with Gasteiger partial charge in [0, 0.05) is 23.3 Å². The van der Waals surface area contributed by atoms with Gasteiger partial charge >= 0.3 is 0 Å². The number of nitrogen functional groups attached to an aromatic ring is 1. The third kappa shape index (κ3) is 3.84. The zero-order valence-corrected chi connectivity index (χ0v) is 14.7. The Kier molecular flexibility index (Phi) is 5.19. The molecular formula is C18H17ClN6O. The van der Waals surface area contributed by atoms with Crippen molar-refractivity contribution in [3.63, 3.8) is 0 Å². The number of carbonyl (C=O) groups excluding carboxylic acids is 1. The first-order valence-electron chi connectivity index (χ1n) is 7.77. The van der Waals surface area contributed by atoms with Crippen LogP contribution in [0.4, 0.5) is 23.0 Å². The normalized spacial score (nSPS) is 10.2. The van der Waals surface area contributed by atoms with Crippen LogP contribution >= 0.6 is 11.6 Å². The van der Waals surface area contributed by atoms with Gasteiger partial charge in [0.15, 0.2) is 11.6 Å². The topological polar surface area (TPSA) is 96.2 Å². The molecular weight excluding hydrogens is 352 g/mol. The van der Waals surface area contributed by atoms with Crippen LogP contribution in [0, 0.1) is 0 Å². The lowest BCUT2D eigenvalue weighted by atomic mass is 10.2. The molecule has 1 amide bonds. The van der Waals surface area contributed by atoms with Crippen molar-refractivity contribution >= 4 is 40.5 Å². The van der Waals surface area contributed by atoms with E-state index in [2.05, 4.69) is 20.8 Å². The molecule has 0 fully saturated rings. The molecule has 0 aliphatic heterocycles. The molecule has 132 valence electrons. The van der Waals surface area contributed by atoms with Gasteiger partial charge in [0.2, 0.25) is 0 Å². The Morgan fingerprint density at radius 1 is 1.08 bits per heavy atom. The van der Waals surface area contributed by atoms with Crippen molar-refractivity contribution in [2.75, 3.05) is 23.1 Å². The van der Waals surface area contributed by atoms with Gasteiger partial charge in [-0.25, -0.2) is 9.97 Å². The maximum atomic E-state index is 12.2. The quantitative estimate of drug-likeness (QED) is 0.598. The molecule has 0 unspecified atom stereocenters. The molecule has 3 aromatic rings. The van der Waals surface area contributed by atoms with Gasteiger partial charge in [-0.1, -0.05) is 29.8 Å². The molecule has 0 bridgehead atoms. The lowest BCUT2D eigenvalue weighted by Gasteiger charge is -2.21. The van der Waals surface area contributed by atoms with Crippen molar-refractivity contribution in [1.29, 1.82) is 0 Å². The number of para-hydroxylation sites is 1. The molecule has 4 N–H and O–H groups in total. The first-order chi connectivity index (χ1) is 12.6. The van der Waals surface area contributed by atoms with Crippen LogP contribution in [0.15, 0.2) is 60.9 Å². The minimum absolute atomic E-state index is 0.306. The average molecular weight is 369 g/mol. The van der Waals surface area contributed by atoms with E-state index in [9.17, 15) is 4.79 Å². The molecule has 26 heavy (non-hydrogen) atoms. The van der Waals surface area contributed by atoms with Gasteiger partial charge in [-0.15, -0.1) is 0 Å². The minimum Gasteiger partial charge on any atom is -0.393 e. The number of nitrogens with two attached hydrogens (primary N) is 1. The molecule has 0 saturated heterocycles. The Hall–Kier alpha value is -3.32. The largest absolute Gasteiger partial charge is 0.393 e. The lowest BCUT2D eigenvalue weighted by Crippen LogP contribution is -2.30. The Morgan fingerprint density at radius 3 is 2.46 bits per heavy atom. The fourth-order valence-electron chi connectivity index (χ4n) is 2.32. The summed E-state index contributed by atoms with van der Waals surface area (Å²) in [6, 6.07) is 16.2. The van der Waals surface area contributed by atoms with E-state index < -0.39 is 0 Å². The fourth-order valence-corrected chi connectivity index (χ4v) is 2.44. The first-order valence-corrected chi connectivity index (χ1v) is 8.15. The number of hydrogen-bond acceptors (Lipinski definition) is 6. The van der Waals surface area contributed by atoms with Crippen LogP contribution in [0.25, 0.3) is 0 Å². The van der Waals surface area contributed by atoms with Gasteiger partial charge in [-0.3, -0.25) is 15.6 Å².